The van der Waals surface area contributed by atoms with E-state index < -0.39 is 0 Å². The van der Waals surface area contributed by atoms with Gasteiger partial charge in [-0.05, 0) is 76.2 Å². The van der Waals surface area contributed by atoms with Crippen molar-refractivity contribution in [1.29, 1.82) is 0 Å². The number of nitrogens with zero attached hydrogens (tertiary/aromatic N) is 3. The molecule has 6 heteroatoms. The van der Waals surface area contributed by atoms with Crippen LogP contribution in [0.1, 0.15) is 60.3 Å². The molecule has 0 spiro atoms. The van der Waals surface area contributed by atoms with Crippen LogP contribution in [0.15, 0.2) is 34.9 Å². The molecule has 2 aliphatic rings. The number of amides is 1. The van der Waals surface area contributed by atoms with E-state index in [0.29, 0.717) is 37.2 Å². The quantitative estimate of drug-likeness (QED) is 0.708. The minimum Gasteiger partial charge on any atom is -0.492 e. The predicted octanol–water partition coefficient (Wildman–Crippen LogP) is 4.09. The zero-order chi connectivity index (χ0) is 20.8. The van der Waals surface area contributed by atoms with Gasteiger partial charge in [0.05, 0.1) is 6.54 Å². The lowest BCUT2D eigenvalue weighted by molar-refractivity contribution is 0.0711. The number of fused-ring (bicyclic) bond motifs is 3. The summed E-state index contributed by atoms with van der Waals surface area (Å²) in [6.07, 6.45) is 8.33. The van der Waals surface area contributed by atoms with Crippen LogP contribution in [0.5, 0.6) is 5.75 Å². The summed E-state index contributed by atoms with van der Waals surface area (Å²) >= 11 is 0. The van der Waals surface area contributed by atoms with E-state index in [9.17, 15) is 4.79 Å². The van der Waals surface area contributed by atoms with Crippen LogP contribution < -0.4 is 4.74 Å². The maximum Gasteiger partial charge on any atom is 0.276 e. The Morgan fingerprint density at radius 1 is 1.03 bits per heavy atom. The molecule has 0 aliphatic carbocycles. The molecule has 1 aromatic carbocycles. The van der Waals surface area contributed by atoms with Crippen LogP contribution in [0, 0.1) is 6.92 Å². The predicted molar refractivity (Wildman–Crippen MR) is 116 cm³/mol. The molecule has 30 heavy (non-hydrogen) atoms. The number of ether oxygens (including phenoxy) is 1. The third-order valence-corrected chi connectivity index (χ3v) is 6.30. The normalized spacial score (nSPS) is 21.8. The van der Waals surface area contributed by atoms with Crippen molar-refractivity contribution in [2.75, 3.05) is 32.8 Å². The average molecular weight is 412 g/mol. The van der Waals surface area contributed by atoms with E-state index in [4.69, 9.17) is 9.26 Å². The van der Waals surface area contributed by atoms with E-state index in [0.717, 1.165) is 31.6 Å². The Balaban J connectivity index is 1.48. The van der Waals surface area contributed by atoms with Crippen LogP contribution in [0.2, 0.25) is 0 Å². The summed E-state index contributed by atoms with van der Waals surface area (Å²) < 4.78 is 11.1. The van der Waals surface area contributed by atoms with Gasteiger partial charge in [-0.2, -0.15) is 0 Å². The van der Waals surface area contributed by atoms with Gasteiger partial charge in [-0.15, -0.1) is 0 Å². The second kappa shape index (κ2) is 10.1. The highest BCUT2D eigenvalue weighted by molar-refractivity contribution is 5.92. The Morgan fingerprint density at radius 2 is 1.87 bits per heavy atom. The fourth-order valence-corrected chi connectivity index (χ4v) is 4.64. The van der Waals surface area contributed by atoms with Gasteiger partial charge in [0.25, 0.3) is 5.91 Å². The SMILES string of the molecule is Cc1cc(C(=O)N2CCCCN3CCCCC3CCc3cccc(c3)OCC2)no1. The van der Waals surface area contributed by atoms with E-state index in [1.54, 1.807) is 13.0 Å². The van der Waals surface area contributed by atoms with E-state index in [1.807, 2.05) is 11.0 Å². The molecule has 0 radical (unpaired) electrons. The van der Waals surface area contributed by atoms with Gasteiger partial charge in [0.1, 0.15) is 18.1 Å². The standard InChI is InChI=1S/C24H33N3O3/c1-19-17-23(25-30-19)24(28)27-14-5-4-13-26-12-3-2-8-21(26)11-10-20-7-6-9-22(18-20)29-16-15-27/h6-7,9,17-18,21H,2-5,8,10-16H2,1H3. The maximum atomic E-state index is 13.0. The van der Waals surface area contributed by atoms with Crippen LogP contribution in [0.4, 0.5) is 0 Å². The minimum absolute atomic E-state index is 0.0793. The molecule has 3 heterocycles. The first-order chi connectivity index (χ1) is 14.7. The van der Waals surface area contributed by atoms with Crippen molar-refractivity contribution in [1.82, 2.24) is 15.0 Å². The molecule has 2 aliphatic heterocycles. The molecule has 0 saturated carbocycles. The number of piperidine rings is 1. The Bertz CT molecular complexity index is 835. The number of carbonyl (C=O) groups is 1. The summed E-state index contributed by atoms with van der Waals surface area (Å²) in [5.41, 5.74) is 1.71. The molecular weight excluding hydrogens is 378 g/mol. The lowest BCUT2D eigenvalue weighted by Crippen LogP contribution is -2.41. The second-order valence-corrected chi connectivity index (χ2v) is 8.54. The van der Waals surface area contributed by atoms with Crippen molar-refractivity contribution in [3.63, 3.8) is 0 Å². The second-order valence-electron chi connectivity index (χ2n) is 8.54. The summed E-state index contributed by atoms with van der Waals surface area (Å²) in [5, 5.41) is 3.92. The largest absolute Gasteiger partial charge is 0.492 e. The third kappa shape index (κ3) is 5.42. The molecule has 2 aromatic rings. The molecule has 4 rings (SSSR count). The molecule has 6 nitrogen and oxygen atoms in total. The lowest BCUT2D eigenvalue weighted by atomic mass is 9.95. The molecule has 0 N–H and O–H groups in total. The van der Waals surface area contributed by atoms with Crippen LogP contribution in [0.3, 0.4) is 0 Å². The van der Waals surface area contributed by atoms with Crippen molar-refractivity contribution in [3.8, 4) is 5.75 Å². The summed E-state index contributed by atoms with van der Waals surface area (Å²) in [6.45, 7) is 5.86. The zero-order valence-corrected chi connectivity index (χ0v) is 18.0. The highest BCUT2D eigenvalue weighted by Crippen LogP contribution is 2.23. The smallest absolute Gasteiger partial charge is 0.276 e. The average Bonchev–Trinajstić information content (AvgIpc) is 3.20. The monoisotopic (exact) mass is 411 g/mol. The van der Waals surface area contributed by atoms with Crippen LogP contribution in [-0.2, 0) is 6.42 Å². The van der Waals surface area contributed by atoms with Crippen LogP contribution in [-0.4, -0.2) is 59.7 Å². The summed E-state index contributed by atoms with van der Waals surface area (Å²) in [6, 6.07) is 10.8. The Hall–Kier alpha value is -2.34. The number of carbonyl (C=O) groups excluding carboxylic acids is 1. The Labute approximate surface area is 179 Å². The number of hydrogen-bond donors (Lipinski definition) is 0. The van der Waals surface area contributed by atoms with Crippen molar-refractivity contribution >= 4 is 5.91 Å². The van der Waals surface area contributed by atoms with Gasteiger partial charge in [-0.25, -0.2) is 0 Å². The topological polar surface area (TPSA) is 58.8 Å². The molecule has 1 fully saturated rings. The number of benzene rings is 1. The van der Waals surface area contributed by atoms with Gasteiger partial charge < -0.3 is 19.1 Å². The van der Waals surface area contributed by atoms with Crippen molar-refractivity contribution < 1.29 is 14.1 Å². The minimum atomic E-state index is -0.0793. The molecule has 2 bridgehead atoms. The highest BCUT2D eigenvalue weighted by Gasteiger charge is 2.23. The van der Waals surface area contributed by atoms with Crippen molar-refractivity contribution in [2.45, 2.75) is 57.9 Å². The lowest BCUT2D eigenvalue weighted by Gasteiger charge is -2.36. The number of aryl methyl sites for hydroxylation is 2. The number of rotatable bonds is 1. The van der Waals surface area contributed by atoms with Crippen molar-refractivity contribution in [2.24, 2.45) is 0 Å². The molecule has 1 unspecified atom stereocenters. The van der Waals surface area contributed by atoms with E-state index >= 15 is 0 Å². The molecule has 1 amide bonds. The molecule has 1 saturated heterocycles. The molecule has 1 aromatic heterocycles. The van der Waals surface area contributed by atoms with E-state index in [-0.39, 0.29) is 5.91 Å². The van der Waals surface area contributed by atoms with Crippen LogP contribution in [0.25, 0.3) is 0 Å². The summed E-state index contributed by atoms with van der Waals surface area (Å²) in [7, 11) is 0. The Kier molecular flexibility index (Phi) is 7.05. The molecule has 1 atom stereocenters. The molecule has 162 valence electrons. The van der Waals surface area contributed by atoms with Gasteiger partial charge in [0, 0.05) is 18.7 Å². The number of aromatic nitrogens is 1. The van der Waals surface area contributed by atoms with Gasteiger partial charge in [-0.1, -0.05) is 23.7 Å². The Morgan fingerprint density at radius 3 is 2.70 bits per heavy atom. The molecular formula is C24H33N3O3. The van der Waals surface area contributed by atoms with Gasteiger partial charge in [0.2, 0.25) is 0 Å². The zero-order valence-electron chi connectivity index (χ0n) is 18.0. The van der Waals surface area contributed by atoms with Gasteiger partial charge in [-0.3, -0.25) is 4.79 Å². The van der Waals surface area contributed by atoms with Gasteiger partial charge >= 0.3 is 0 Å². The van der Waals surface area contributed by atoms with Crippen LogP contribution >= 0.6 is 0 Å². The first-order valence-corrected chi connectivity index (χ1v) is 11.4. The third-order valence-electron chi connectivity index (χ3n) is 6.30. The first kappa shape index (κ1) is 20.9. The van der Waals surface area contributed by atoms with Gasteiger partial charge in [0.15, 0.2) is 5.69 Å². The van der Waals surface area contributed by atoms with Crippen molar-refractivity contribution in [3.05, 3.63) is 47.3 Å². The van der Waals surface area contributed by atoms with E-state index in [1.165, 1.54) is 37.8 Å². The fourth-order valence-electron chi connectivity index (χ4n) is 4.64. The summed E-state index contributed by atoms with van der Waals surface area (Å²) in [4.78, 5) is 17.5. The highest BCUT2D eigenvalue weighted by atomic mass is 16.5. The first-order valence-electron chi connectivity index (χ1n) is 11.4. The fraction of sp³-hybridized carbons (Fsp3) is 0.583. The number of hydrogen-bond acceptors (Lipinski definition) is 5. The van der Waals surface area contributed by atoms with E-state index in [2.05, 4.69) is 28.3 Å². The maximum absolute atomic E-state index is 13.0. The summed E-state index contributed by atoms with van der Waals surface area (Å²) in [5.74, 6) is 1.46.